The molecule has 0 amide bonds. The molecule has 25 heavy (non-hydrogen) atoms. The second-order valence-corrected chi connectivity index (χ2v) is 5.37. The number of nitrogens with one attached hydrogen (secondary N) is 1. The molecule has 0 spiro atoms. The maximum absolute atomic E-state index is 14.2. The van der Waals surface area contributed by atoms with E-state index in [2.05, 4.69) is 20.4 Å². The quantitative estimate of drug-likeness (QED) is 0.602. The van der Waals surface area contributed by atoms with Crippen molar-refractivity contribution in [3.8, 4) is 17.0 Å². The fourth-order valence-electron chi connectivity index (χ4n) is 2.46. The molecule has 0 fully saturated rings. The van der Waals surface area contributed by atoms with Crippen LogP contribution < -0.4 is 5.32 Å². The van der Waals surface area contributed by atoms with Gasteiger partial charge in [-0.1, -0.05) is 0 Å². The van der Waals surface area contributed by atoms with Crippen LogP contribution in [0.4, 0.5) is 10.1 Å². The molecule has 7 heteroatoms. The van der Waals surface area contributed by atoms with E-state index in [1.165, 1.54) is 23.4 Å². The van der Waals surface area contributed by atoms with E-state index in [1.807, 2.05) is 24.3 Å². The molecule has 0 aliphatic heterocycles. The zero-order chi connectivity index (χ0) is 17.1. The topological polar surface area (TPSA) is 68.8 Å². The minimum atomic E-state index is -0.383. The summed E-state index contributed by atoms with van der Waals surface area (Å²) < 4.78 is 21.4. The first-order valence-electron chi connectivity index (χ1n) is 7.67. The molecule has 0 radical (unpaired) electrons. The van der Waals surface area contributed by atoms with Crippen LogP contribution in [0.1, 0.15) is 5.76 Å². The highest BCUT2D eigenvalue weighted by Crippen LogP contribution is 2.22. The number of furan rings is 1. The van der Waals surface area contributed by atoms with Crippen molar-refractivity contribution in [2.45, 2.75) is 6.54 Å². The number of rotatable bonds is 5. The van der Waals surface area contributed by atoms with Crippen molar-refractivity contribution in [2.75, 3.05) is 5.32 Å². The molecule has 4 rings (SSSR count). The number of hydrogen-bond donors (Lipinski definition) is 1. The molecule has 0 atom stereocenters. The highest BCUT2D eigenvalue weighted by molar-refractivity contribution is 5.56. The number of anilines is 1. The number of nitrogens with zero attached hydrogens (tertiary/aromatic N) is 4. The van der Waals surface area contributed by atoms with Crippen LogP contribution in [0, 0.1) is 5.82 Å². The third-order valence-corrected chi connectivity index (χ3v) is 3.69. The lowest BCUT2D eigenvalue weighted by Crippen LogP contribution is -2.02. The second kappa shape index (κ2) is 6.56. The Morgan fingerprint density at radius 3 is 2.84 bits per heavy atom. The number of benzene rings is 1. The lowest BCUT2D eigenvalue weighted by atomic mass is 10.2. The predicted molar refractivity (Wildman–Crippen MR) is 90.6 cm³/mol. The van der Waals surface area contributed by atoms with Crippen LogP contribution in [0.2, 0.25) is 0 Å². The Morgan fingerprint density at radius 2 is 2.08 bits per heavy atom. The zero-order valence-corrected chi connectivity index (χ0v) is 13.1. The van der Waals surface area contributed by atoms with Crippen molar-refractivity contribution in [3.63, 3.8) is 0 Å². The van der Waals surface area contributed by atoms with Gasteiger partial charge in [-0.15, -0.1) is 0 Å². The summed E-state index contributed by atoms with van der Waals surface area (Å²) in [5.74, 6) is 1.11. The van der Waals surface area contributed by atoms with E-state index in [4.69, 9.17) is 4.42 Å². The van der Waals surface area contributed by atoms with Gasteiger partial charge in [0.1, 0.15) is 29.9 Å². The molecule has 0 bridgehead atoms. The fraction of sp³-hybridized carbons (Fsp3) is 0.0556. The first-order valence-corrected chi connectivity index (χ1v) is 7.67. The first-order chi connectivity index (χ1) is 12.3. The molecule has 0 saturated carbocycles. The summed E-state index contributed by atoms with van der Waals surface area (Å²) in [4.78, 5) is 7.89. The Morgan fingerprint density at radius 1 is 1.12 bits per heavy atom. The van der Waals surface area contributed by atoms with Crippen molar-refractivity contribution < 1.29 is 8.81 Å². The average Bonchev–Trinajstić information content (AvgIpc) is 3.33. The van der Waals surface area contributed by atoms with Crippen molar-refractivity contribution in [3.05, 3.63) is 79.1 Å². The zero-order valence-electron chi connectivity index (χ0n) is 13.1. The van der Waals surface area contributed by atoms with Gasteiger partial charge in [-0.05, 0) is 42.5 Å². The monoisotopic (exact) mass is 335 g/mol. The fourth-order valence-corrected chi connectivity index (χ4v) is 2.46. The van der Waals surface area contributed by atoms with Gasteiger partial charge in [0.2, 0.25) is 0 Å². The highest BCUT2D eigenvalue weighted by atomic mass is 19.1. The molecule has 3 aromatic heterocycles. The molecule has 0 unspecified atom stereocenters. The van der Waals surface area contributed by atoms with Crippen LogP contribution in [-0.4, -0.2) is 19.7 Å². The molecule has 0 saturated heterocycles. The van der Waals surface area contributed by atoms with Gasteiger partial charge in [0.25, 0.3) is 0 Å². The summed E-state index contributed by atoms with van der Waals surface area (Å²) >= 11 is 0. The largest absolute Gasteiger partial charge is 0.459 e. The lowest BCUT2D eigenvalue weighted by molar-refractivity contribution is 0.531. The third-order valence-electron chi connectivity index (χ3n) is 3.69. The van der Waals surface area contributed by atoms with Gasteiger partial charge < -0.3 is 9.73 Å². The maximum atomic E-state index is 14.2. The minimum Gasteiger partial charge on any atom is -0.459 e. The Hall–Kier alpha value is -3.48. The second-order valence-electron chi connectivity index (χ2n) is 5.37. The molecule has 124 valence electrons. The smallest absolute Gasteiger partial charge is 0.150 e. The van der Waals surface area contributed by atoms with Crippen molar-refractivity contribution in [2.24, 2.45) is 0 Å². The van der Waals surface area contributed by atoms with Crippen LogP contribution in [0.25, 0.3) is 17.0 Å². The van der Waals surface area contributed by atoms with Crippen LogP contribution >= 0.6 is 0 Å². The van der Waals surface area contributed by atoms with Gasteiger partial charge in [-0.2, -0.15) is 5.10 Å². The third kappa shape index (κ3) is 3.25. The molecular weight excluding hydrogens is 321 g/mol. The number of hydrogen-bond acceptors (Lipinski definition) is 5. The SMILES string of the molecule is Fc1cc(NCc2ccc(-c3cccnc3)o2)ccc1-n1cncn1. The predicted octanol–water partition coefficient (Wildman–Crippen LogP) is 3.67. The van der Waals surface area contributed by atoms with Crippen LogP contribution in [0.5, 0.6) is 0 Å². The number of pyridine rings is 1. The lowest BCUT2D eigenvalue weighted by Gasteiger charge is -2.07. The Balaban J connectivity index is 1.45. The summed E-state index contributed by atoms with van der Waals surface area (Å²) in [5.41, 5.74) is 1.91. The molecular formula is C18H14FN5O. The maximum Gasteiger partial charge on any atom is 0.150 e. The van der Waals surface area contributed by atoms with Gasteiger partial charge in [-0.3, -0.25) is 4.98 Å². The first kappa shape index (κ1) is 15.1. The Kier molecular flexibility index (Phi) is 3.96. The Labute approximate surface area is 143 Å². The highest BCUT2D eigenvalue weighted by Gasteiger charge is 2.08. The Bertz CT molecular complexity index is 966. The van der Waals surface area contributed by atoms with Crippen LogP contribution in [0.3, 0.4) is 0 Å². The summed E-state index contributed by atoms with van der Waals surface area (Å²) in [6.45, 7) is 0.447. The van der Waals surface area contributed by atoms with E-state index in [9.17, 15) is 4.39 Å². The van der Waals surface area contributed by atoms with Crippen LogP contribution in [-0.2, 0) is 6.54 Å². The molecule has 6 nitrogen and oxygen atoms in total. The van der Waals surface area contributed by atoms with E-state index in [1.54, 1.807) is 24.5 Å². The standard InChI is InChI=1S/C18H14FN5O/c19-16-8-14(3-5-17(16)24-12-21-11-23-24)22-10-15-4-6-18(25-15)13-2-1-7-20-9-13/h1-9,11-12,22H,10H2. The van der Waals surface area contributed by atoms with Gasteiger partial charge in [0.05, 0.1) is 6.54 Å². The van der Waals surface area contributed by atoms with Gasteiger partial charge in [-0.25, -0.2) is 14.1 Å². The van der Waals surface area contributed by atoms with E-state index in [0.717, 1.165) is 17.1 Å². The van der Waals surface area contributed by atoms with Gasteiger partial charge in [0.15, 0.2) is 5.82 Å². The van der Waals surface area contributed by atoms with E-state index in [0.29, 0.717) is 17.9 Å². The molecule has 1 N–H and O–H groups in total. The van der Waals surface area contributed by atoms with Crippen molar-refractivity contribution >= 4 is 5.69 Å². The van der Waals surface area contributed by atoms with Crippen molar-refractivity contribution in [1.29, 1.82) is 0 Å². The summed E-state index contributed by atoms with van der Waals surface area (Å²) in [7, 11) is 0. The van der Waals surface area contributed by atoms with Crippen LogP contribution in [0.15, 0.2) is 71.9 Å². The normalized spacial score (nSPS) is 10.8. The minimum absolute atomic E-state index is 0.347. The molecule has 0 aliphatic rings. The molecule has 0 aliphatic carbocycles. The summed E-state index contributed by atoms with van der Waals surface area (Å²) in [6.07, 6.45) is 6.28. The van der Waals surface area contributed by atoms with E-state index in [-0.39, 0.29) is 5.82 Å². The average molecular weight is 335 g/mol. The number of halogens is 1. The summed E-state index contributed by atoms with van der Waals surface area (Å²) in [6, 6.07) is 12.4. The van der Waals surface area contributed by atoms with Gasteiger partial charge in [0, 0.05) is 23.6 Å². The number of aromatic nitrogens is 4. The van der Waals surface area contributed by atoms with Crippen molar-refractivity contribution in [1.82, 2.24) is 19.7 Å². The van der Waals surface area contributed by atoms with E-state index < -0.39 is 0 Å². The summed E-state index contributed by atoms with van der Waals surface area (Å²) in [5, 5.41) is 7.07. The molecule has 4 aromatic rings. The molecule has 1 aromatic carbocycles. The van der Waals surface area contributed by atoms with E-state index >= 15 is 0 Å². The van der Waals surface area contributed by atoms with Gasteiger partial charge >= 0.3 is 0 Å². The molecule has 3 heterocycles.